The van der Waals surface area contributed by atoms with E-state index in [4.69, 9.17) is 0 Å². The van der Waals surface area contributed by atoms with Gasteiger partial charge in [0.15, 0.2) is 0 Å². The molecule has 1 atom stereocenters. The Hall–Kier alpha value is -1.48. The van der Waals surface area contributed by atoms with Crippen molar-refractivity contribution in [3.63, 3.8) is 0 Å². The van der Waals surface area contributed by atoms with E-state index >= 15 is 0 Å². The Bertz CT molecular complexity index is 512. The second-order valence-corrected chi connectivity index (χ2v) is 6.12. The summed E-state index contributed by atoms with van der Waals surface area (Å²) in [5, 5.41) is 8.93. The van der Waals surface area contributed by atoms with Crippen LogP contribution in [0.15, 0.2) is 6.33 Å². The fraction of sp³-hybridized carbons (Fsp3) is 0.667. The fourth-order valence-electron chi connectivity index (χ4n) is 2.00. The van der Waals surface area contributed by atoms with Crippen molar-refractivity contribution in [2.24, 2.45) is 0 Å². The normalized spacial score (nSPS) is 21.1. The van der Waals surface area contributed by atoms with Crippen molar-refractivity contribution in [3.8, 4) is 0 Å². The molecule has 0 saturated carbocycles. The first-order chi connectivity index (χ1) is 8.48. The van der Waals surface area contributed by atoms with Gasteiger partial charge in [-0.15, -0.1) is 0 Å². The lowest BCUT2D eigenvalue weighted by molar-refractivity contribution is -0.124. The van der Waals surface area contributed by atoms with Crippen molar-refractivity contribution in [2.45, 2.75) is 25.4 Å². The molecule has 9 heteroatoms. The topological polar surface area (TPSA) is 108 Å². The number of nitrogens with one attached hydrogen (secondary N) is 2. The number of carbonyl (C=O) groups excluding carboxylic acids is 1. The highest BCUT2D eigenvalue weighted by Gasteiger charge is 2.36. The summed E-state index contributed by atoms with van der Waals surface area (Å²) in [5.41, 5.74) is 0. The second kappa shape index (κ2) is 5.02. The fourth-order valence-corrected chi connectivity index (χ4v) is 3.13. The highest BCUT2D eigenvalue weighted by Crippen LogP contribution is 2.20. The lowest BCUT2D eigenvalue weighted by Gasteiger charge is -2.20. The summed E-state index contributed by atoms with van der Waals surface area (Å²) in [7, 11) is -3.33. The average Bonchev–Trinajstić information content (AvgIpc) is 2.95. The zero-order valence-corrected chi connectivity index (χ0v) is 10.8. The predicted octanol–water partition coefficient (Wildman–Crippen LogP) is -1.16. The molecule has 0 aliphatic carbocycles. The summed E-state index contributed by atoms with van der Waals surface area (Å²) in [5.74, 6) is 0.238. The van der Waals surface area contributed by atoms with E-state index in [1.807, 2.05) is 0 Å². The van der Waals surface area contributed by atoms with Crippen LogP contribution in [0.2, 0.25) is 0 Å². The Morgan fingerprint density at radius 2 is 2.44 bits per heavy atom. The molecule has 0 spiro atoms. The highest BCUT2D eigenvalue weighted by atomic mass is 32.2. The maximum Gasteiger partial charge on any atom is 0.238 e. The van der Waals surface area contributed by atoms with Crippen LogP contribution in [0, 0.1) is 0 Å². The molecule has 100 valence electrons. The van der Waals surface area contributed by atoms with Crippen molar-refractivity contribution >= 4 is 15.9 Å². The van der Waals surface area contributed by atoms with Gasteiger partial charge < -0.3 is 5.32 Å². The molecule has 8 nitrogen and oxygen atoms in total. The van der Waals surface area contributed by atoms with Crippen molar-refractivity contribution in [1.29, 1.82) is 0 Å². The molecule has 1 aliphatic rings. The van der Waals surface area contributed by atoms with Crippen LogP contribution >= 0.6 is 0 Å². The van der Waals surface area contributed by atoms with Gasteiger partial charge in [-0.05, 0) is 12.8 Å². The van der Waals surface area contributed by atoms with E-state index in [1.54, 1.807) is 0 Å². The van der Waals surface area contributed by atoms with E-state index in [0.717, 1.165) is 6.26 Å². The zero-order valence-electron chi connectivity index (χ0n) is 9.96. The Balaban J connectivity index is 1.96. The maximum absolute atomic E-state index is 11.9. The first kappa shape index (κ1) is 13.0. The highest BCUT2D eigenvalue weighted by molar-refractivity contribution is 7.88. The van der Waals surface area contributed by atoms with Crippen LogP contribution in [0.3, 0.4) is 0 Å². The number of rotatable bonds is 4. The summed E-state index contributed by atoms with van der Waals surface area (Å²) in [6, 6.07) is -0.608. The standard InChI is InChI=1S/C9H15N5O3S/c1-18(16,17)14-4-2-3-7(14)9(15)10-5-8-11-6-12-13-8/h6-7H,2-5H2,1H3,(H,10,15)(H,11,12,13). The minimum absolute atomic E-state index is 0.215. The maximum atomic E-state index is 11.9. The third-order valence-electron chi connectivity index (χ3n) is 2.83. The predicted molar refractivity (Wildman–Crippen MR) is 62.8 cm³/mol. The minimum Gasteiger partial charge on any atom is -0.347 e. The van der Waals surface area contributed by atoms with Gasteiger partial charge in [0.25, 0.3) is 0 Å². The number of hydrogen-bond donors (Lipinski definition) is 2. The molecule has 0 bridgehead atoms. The van der Waals surface area contributed by atoms with Crippen LogP contribution in [0.1, 0.15) is 18.7 Å². The van der Waals surface area contributed by atoms with E-state index < -0.39 is 16.1 Å². The second-order valence-electron chi connectivity index (χ2n) is 4.18. The molecule has 1 amide bonds. The number of nitrogens with zero attached hydrogens (tertiary/aromatic N) is 3. The van der Waals surface area contributed by atoms with Gasteiger partial charge in [0.1, 0.15) is 18.2 Å². The van der Waals surface area contributed by atoms with Crippen molar-refractivity contribution in [1.82, 2.24) is 24.8 Å². The van der Waals surface area contributed by atoms with Gasteiger partial charge in [-0.2, -0.15) is 9.40 Å². The zero-order chi connectivity index (χ0) is 13.2. The Kier molecular flexibility index (Phi) is 3.62. The lowest BCUT2D eigenvalue weighted by Crippen LogP contribution is -2.45. The Morgan fingerprint density at radius 1 is 1.67 bits per heavy atom. The largest absolute Gasteiger partial charge is 0.347 e. The van der Waals surface area contributed by atoms with E-state index in [2.05, 4.69) is 20.5 Å². The number of H-pyrrole nitrogens is 1. The van der Waals surface area contributed by atoms with Gasteiger partial charge in [0.05, 0.1) is 12.8 Å². The molecular weight excluding hydrogens is 258 g/mol. The smallest absolute Gasteiger partial charge is 0.238 e. The number of amides is 1. The first-order valence-corrected chi connectivity index (χ1v) is 7.42. The van der Waals surface area contributed by atoms with Crippen LogP contribution in [-0.4, -0.2) is 52.7 Å². The molecule has 2 heterocycles. The van der Waals surface area contributed by atoms with E-state index in [1.165, 1.54) is 10.6 Å². The molecular formula is C9H15N5O3S. The Morgan fingerprint density at radius 3 is 3.06 bits per heavy atom. The van der Waals surface area contributed by atoms with E-state index in [-0.39, 0.29) is 12.5 Å². The third-order valence-corrected chi connectivity index (χ3v) is 4.12. The monoisotopic (exact) mass is 273 g/mol. The van der Waals surface area contributed by atoms with Crippen molar-refractivity contribution in [3.05, 3.63) is 12.2 Å². The number of hydrogen-bond acceptors (Lipinski definition) is 5. The Labute approximate surface area is 105 Å². The van der Waals surface area contributed by atoms with Crippen LogP contribution in [0.5, 0.6) is 0 Å². The van der Waals surface area contributed by atoms with Crippen LogP contribution in [0.25, 0.3) is 0 Å². The molecule has 1 aromatic rings. The number of carbonyl (C=O) groups is 1. The quantitative estimate of drug-likeness (QED) is 0.719. The summed E-state index contributed by atoms with van der Waals surface area (Å²) < 4.78 is 24.2. The van der Waals surface area contributed by atoms with E-state index in [0.29, 0.717) is 25.2 Å². The molecule has 0 aromatic carbocycles. The van der Waals surface area contributed by atoms with E-state index in [9.17, 15) is 13.2 Å². The summed E-state index contributed by atoms with van der Waals surface area (Å²) in [4.78, 5) is 15.8. The number of aromatic nitrogens is 3. The molecule has 2 N–H and O–H groups in total. The minimum atomic E-state index is -3.33. The molecule has 0 radical (unpaired) electrons. The number of aromatic amines is 1. The molecule has 1 aliphatic heterocycles. The van der Waals surface area contributed by atoms with Gasteiger partial charge in [-0.25, -0.2) is 13.4 Å². The van der Waals surface area contributed by atoms with Gasteiger partial charge >= 0.3 is 0 Å². The van der Waals surface area contributed by atoms with Crippen LogP contribution in [-0.2, 0) is 21.4 Å². The summed E-state index contributed by atoms with van der Waals surface area (Å²) >= 11 is 0. The molecule has 1 aromatic heterocycles. The van der Waals surface area contributed by atoms with Gasteiger partial charge in [0.2, 0.25) is 15.9 Å². The molecule has 2 rings (SSSR count). The number of sulfonamides is 1. The molecule has 1 saturated heterocycles. The van der Waals surface area contributed by atoms with Crippen molar-refractivity contribution in [2.75, 3.05) is 12.8 Å². The van der Waals surface area contributed by atoms with Crippen LogP contribution in [0.4, 0.5) is 0 Å². The van der Waals surface area contributed by atoms with Gasteiger partial charge in [0, 0.05) is 6.54 Å². The third kappa shape index (κ3) is 2.85. The molecule has 1 fully saturated rings. The van der Waals surface area contributed by atoms with Gasteiger partial charge in [-0.3, -0.25) is 9.89 Å². The SMILES string of the molecule is CS(=O)(=O)N1CCCC1C(=O)NCc1ncn[nH]1. The first-order valence-electron chi connectivity index (χ1n) is 5.57. The van der Waals surface area contributed by atoms with Crippen LogP contribution < -0.4 is 5.32 Å². The van der Waals surface area contributed by atoms with Gasteiger partial charge in [-0.1, -0.05) is 0 Å². The summed E-state index contributed by atoms with van der Waals surface area (Å²) in [6.07, 6.45) is 3.72. The average molecular weight is 273 g/mol. The summed E-state index contributed by atoms with van der Waals surface area (Å²) in [6.45, 7) is 0.617. The lowest BCUT2D eigenvalue weighted by atomic mass is 10.2. The van der Waals surface area contributed by atoms with Crippen molar-refractivity contribution < 1.29 is 13.2 Å². The molecule has 18 heavy (non-hydrogen) atoms. The molecule has 1 unspecified atom stereocenters.